The van der Waals surface area contributed by atoms with Crippen LogP contribution in [0.15, 0.2) is 57.7 Å². The van der Waals surface area contributed by atoms with E-state index < -0.39 is 11.4 Å². The van der Waals surface area contributed by atoms with Gasteiger partial charge in [0.15, 0.2) is 5.78 Å². The molecule has 1 heterocycles. The molecule has 0 spiro atoms. The average molecular weight is 333 g/mol. The van der Waals surface area contributed by atoms with Gasteiger partial charge in [0.05, 0.1) is 0 Å². The summed E-state index contributed by atoms with van der Waals surface area (Å²) >= 11 is 11.7. The van der Waals surface area contributed by atoms with Gasteiger partial charge < -0.3 is 4.42 Å². The van der Waals surface area contributed by atoms with Crippen molar-refractivity contribution in [2.24, 2.45) is 0 Å². The minimum Gasteiger partial charge on any atom is -0.422 e. The van der Waals surface area contributed by atoms with Crippen molar-refractivity contribution >= 4 is 40.0 Å². The van der Waals surface area contributed by atoms with Gasteiger partial charge in [0, 0.05) is 21.9 Å². The Labute approximate surface area is 136 Å². The van der Waals surface area contributed by atoms with Crippen LogP contribution in [-0.2, 0) is 5.88 Å². The Bertz CT molecular complexity index is 929. The Morgan fingerprint density at radius 2 is 1.91 bits per heavy atom. The normalized spacial score (nSPS) is 10.8. The highest BCUT2D eigenvalue weighted by Crippen LogP contribution is 2.19. The summed E-state index contributed by atoms with van der Waals surface area (Å²) in [4.78, 5) is 24.5. The van der Waals surface area contributed by atoms with Crippen LogP contribution in [0.4, 0.5) is 0 Å². The van der Waals surface area contributed by atoms with Gasteiger partial charge in [-0.3, -0.25) is 4.79 Å². The Morgan fingerprint density at radius 1 is 1.09 bits per heavy atom. The van der Waals surface area contributed by atoms with E-state index in [0.717, 1.165) is 5.56 Å². The van der Waals surface area contributed by atoms with Gasteiger partial charge in [0.1, 0.15) is 11.1 Å². The monoisotopic (exact) mass is 332 g/mol. The molecule has 0 fully saturated rings. The quantitative estimate of drug-likeness (QED) is 0.405. The van der Waals surface area contributed by atoms with E-state index in [4.69, 9.17) is 27.6 Å². The van der Waals surface area contributed by atoms with E-state index in [0.29, 0.717) is 27.4 Å². The first-order valence-electron chi connectivity index (χ1n) is 6.51. The Morgan fingerprint density at radius 3 is 2.64 bits per heavy atom. The molecule has 0 saturated heterocycles. The van der Waals surface area contributed by atoms with Crippen molar-refractivity contribution < 1.29 is 9.21 Å². The minimum atomic E-state index is -0.670. The standard InChI is InChI=1S/C17H10Cl2O3/c18-9-10-4-5-15-12(6-10)8-14(17(21)22-15)16(20)11-2-1-3-13(19)7-11/h1-8H,9H2. The fourth-order valence-electron chi connectivity index (χ4n) is 2.20. The minimum absolute atomic E-state index is 0.0264. The number of hydrogen-bond acceptors (Lipinski definition) is 3. The lowest BCUT2D eigenvalue weighted by molar-refractivity contribution is 0.103. The van der Waals surface area contributed by atoms with Crippen LogP contribution in [0.25, 0.3) is 11.0 Å². The highest BCUT2D eigenvalue weighted by Gasteiger charge is 2.16. The van der Waals surface area contributed by atoms with Gasteiger partial charge in [-0.05, 0) is 35.9 Å². The van der Waals surface area contributed by atoms with Gasteiger partial charge in [-0.15, -0.1) is 11.6 Å². The highest BCUT2D eigenvalue weighted by atomic mass is 35.5. The molecule has 2 aromatic carbocycles. The number of halogens is 2. The molecule has 0 atom stereocenters. The van der Waals surface area contributed by atoms with Crippen LogP contribution in [0.3, 0.4) is 0 Å². The topological polar surface area (TPSA) is 47.3 Å². The first kappa shape index (κ1) is 14.8. The second-order valence-corrected chi connectivity index (χ2v) is 5.50. The van der Waals surface area contributed by atoms with E-state index >= 15 is 0 Å². The maximum Gasteiger partial charge on any atom is 0.347 e. The summed E-state index contributed by atoms with van der Waals surface area (Å²) in [6.07, 6.45) is 0. The molecule has 0 aliphatic heterocycles. The van der Waals surface area contributed by atoms with E-state index in [1.807, 2.05) is 0 Å². The van der Waals surface area contributed by atoms with Crippen molar-refractivity contribution in [1.29, 1.82) is 0 Å². The Hall–Kier alpha value is -2.10. The van der Waals surface area contributed by atoms with E-state index in [-0.39, 0.29) is 5.56 Å². The lowest BCUT2D eigenvalue weighted by Crippen LogP contribution is -2.14. The number of ketones is 1. The van der Waals surface area contributed by atoms with Crippen LogP contribution in [0.1, 0.15) is 21.5 Å². The molecule has 0 bridgehead atoms. The van der Waals surface area contributed by atoms with Crippen molar-refractivity contribution in [3.63, 3.8) is 0 Å². The number of carbonyl (C=O) groups excluding carboxylic acids is 1. The lowest BCUT2D eigenvalue weighted by Gasteiger charge is -2.04. The summed E-state index contributed by atoms with van der Waals surface area (Å²) in [5.41, 5.74) is 0.941. The average Bonchev–Trinajstić information content (AvgIpc) is 2.53. The van der Waals surface area contributed by atoms with Crippen molar-refractivity contribution in [3.8, 4) is 0 Å². The first-order chi connectivity index (χ1) is 10.6. The third-order valence-corrected chi connectivity index (χ3v) is 3.83. The highest BCUT2D eigenvalue weighted by molar-refractivity contribution is 6.31. The molecule has 0 amide bonds. The zero-order valence-electron chi connectivity index (χ0n) is 11.3. The predicted octanol–water partition coefficient (Wildman–Crippen LogP) is 4.42. The molecule has 3 aromatic rings. The van der Waals surface area contributed by atoms with Crippen LogP contribution in [0.5, 0.6) is 0 Å². The summed E-state index contributed by atoms with van der Waals surface area (Å²) in [7, 11) is 0. The number of carbonyl (C=O) groups is 1. The fourth-order valence-corrected chi connectivity index (χ4v) is 2.56. The molecule has 110 valence electrons. The van der Waals surface area contributed by atoms with Crippen LogP contribution >= 0.6 is 23.2 Å². The molecule has 0 aliphatic rings. The van der Waals surface area contributed by atoms with E-state index in [9.17, 15) is 9.59 Å². The zero-order valence-corrected chi connectivity index (χ0v) is 12.8. The van der Waals surface area contributed by atoms with Crippen LogP contribution in [0, 0.1) is 0 Å². The molecule has 0 radical (unpaired) electrons. The van der Waals surface area contributed by atoms with Gasteiger partial charge in [-0.25, -0.2) is 4.79 Å². The Balaban J connectivity index is 2.15. The van der Waals surface area contributed by atoms with E-state index in [2.05, 4.69) is 0 Å². The van der Waals surface area contributed by atoms with E-state index in [1.54, 1.807) is 36.4 Å². The third-order valence-electron chi connectivity index (χ3n) is 3.28. The van der Waals surface area contributed by atoms with Gasteiger partial charge >= 0.3 is 5.63 Å². The van der Waals surface area contributed by atoms with Crippen LogP contribution in [0.2, 0.25) is 5.02 Å². The molecule has 0 N–H and O–H groups in total. The van der Waals surface area contributed by atoms with Crippen molar-refractivity contribution in [2.75, 3.05) is 0 Å². The number of fused-ring (bicyclic) bond motifs is 1. The van der Waals surface area contributed by atoms with Crippen molar-refractivity contribution in [2.45, 2.75) is 5.88 Å². The Kier molecular flexibility index (Phi) is 4.01. The molecular weight excluding hydrogens is 323 g/mol. The van der Waals surface area contributed by atoms with Crippen LogP contribution < -0.4 is 5.63 Å². The number of rotatable bonds is 3. The molecule has 0 saturated carbocycles. The molecule has 22 heavy (non-hydrogen) atoms. The molecule has 1 aromatic heterocycles. The molecule has 5 heteroatoms. The van der Waals surface area contributed by atoms with Gasteiger partial charge in [-0.1, -0.05) is 29.8 Å². The molecular formula is C17H10Cl2O3. The molecule has 0 unspecified atom stereocenters. The maximum absolute atomic E-state index is 12.5. The van der Waals surface area contributed by atoms with E-state index in [1.165, 1.54) is 12.1 Å². The van der Waals surface area contributed by atoms with Crippen molar-refractivity contribution in [1.82, 2.24) is 0 Å². The number of alkyl halides is 1. The smallest absolute Gasteiger partial charge is 0.347 e. The molecule has 3 nitrogen and oxygen atoms in total. The maximum atomic E-state index is 12.5. The summed E-state index contributed by atoms with van der Waals surface area (Å²) in [5.74, 6) is -0.0819. The van der Waals surface area contributed by atoms with Crippen molar-refractivity contribution in [3.05, 3.63) is 80.7 Å². The number of hydrogen-bond donors (Lipinski definition) is 0. The summed E-state index contributed by atoms with van der Waals surface area (Å²) in [5, 5.41) is 1.09. The molecule has 0 aliphatic carbocycles. The summed E-state index contributed by atoms with van der Waals surface area (Å²) in [6, 6.07) is 13.2. The van der Waals surface area contributed by atoms with Gasteiger partial charge in [-0.2, -0.15) is 0 Å². The lowest BCUT2D eigenvalue weighted by atomic mass is 10.0. The SMILES string of the molecule is O=C(c1cccc(Cl)c1)c1cc2cc(CCl)ccc2oc1=O. The second-order valence-electron chi connectivity index (χ2n) is 4.79. The fraction of sp³-hybridized carbons (Fsp3) is 0.0588. The van der Waals surface area contributed by atoms with Gasteiger partial charge in [0.25, 0.3) is 0 Å². The first-order valence-corrected chi connectivity index (χ1v) is 7.43. The predicted molar refractivity (Wildman–Crippen MR) is 86.9 cm³/mol. The zero-order chi connectivity index (χ0) is 15.7. The molecule has 3 rings (SSSR count). The van der Waals surface area contributed by atoms with Crippen LogP contribution in [-0.4, -0.2) is 5.78 Å². The second kappa shape index (κ2) is 5.95. The summed E-state index contributed by atoms with van der Waals surface area (Å²) in [6.45, 7) is 0. The summed E-state index contributed by atoms with van der Waals surface area (Å²) < 4.78 is 5.21. The van der Waals surface area contributed by atoms with Gasteiger partial charge in [0.2, 0.25) is 0 Å². The third kappa shape index (κ3) is 2.78. The largest absolute Gasteiger partial charge is 0.422 e. The number of benzene rings is 2.